The molecule has 1 aromatic carbocycles. The molecule has 4 nitrogen and oxygen atoms in total. The van der Waals surface area contributed by atoms with Crippen LogP contribution in [0.1, 0.15) is 38.4 Å². The molecule has 0 bridgehead atoms. The maximum Gasteiger partial charge on any atom is 0.246 e. The zero-order valence-corrected chi connectivity index (χ0v) is 13.5. The first-order valence-electron chi connectivity index (χ1n) is 6.85. The highest BCUT2D eigenvalue weighted by molar-refractivity contribution is 9.10. The minimum absolute atomic E-state index is 0.0391. The molecule has 0 aliphatic carbocycles. The molecular weight excluding hydrogens is 322 g/mol. The van der Waals surface area contributed by atoms with E-state index in [1.54, 1.807) is 6.92 Å². The zero-order chi connectivity index (χ0) is 15.0. The molecule has 0 radical (unpaired) electrons. The summed E-state index contributed by atoms with van der Waals surface area (Å²) in [4.78, 5) is 11.7. The highest BCUT2D eigenvalue weighted by atomic mass is 79.9. The van der Waals surface area contributed by atoms with Crippen LogP contribution in [0.4, 0.5) is 0 Å². The lowest BCUT2D eigenvalue weighted by Gasteiger charge is -2.20. The summed E-state index contributed by atoms with van der Waals surface area (Å²) in [5.74, 6) is -0.204. The lowest BCUT2D eigenvalue weighted by Crippen LogP contribution is -2.39. The Kier molecular flexibility index (Phi) is 7.80. The molecule has 0 spiro atoms. The van der Waals surface area contributed by atoms with Crippen molar-refractivity contribution in [2.75, 3.05) is 13.2 Å². The van der Waals surface area contributed by atoms with Gasteiger partial charge in [0.05, 0.1) is 12.1 Å². The molecule has 0 aliphatic heterocycles. The van der Waals surface area contributed by atoms with Crippen molar-refractivity contribution >= 4 is 21.8 Å². The molecule has 0 saturated heterocycles. The van der Waals surface area contributed by atoms with Crippen LogP contribution in [0.5, 0.6) is 0 Å². The Bertz CT molecular complexity index is 408. The van der Waals surface area contributed by atoms with E-state index in [4.69, 9.17) is 4.74 Å². The lowest BCUT2D eigenvalue weighted by molar-refractivity contribution is -0.127. The molecule has 20 heavy (non-hydrogen) atoms. The quantitative estimate of drug-likeness (QED) is 0.713. The number of hydrogen-bond acceptors (Lipinski definition) is 3. The van der Waals surface area contributed by atoms with E-state index in [1.165, 1.54) is 0 Å². The van der Waals surface area contributed by atoms with Gasteiger partial charge in [-0.1, -0.05) is 41.4 Å². The predicted molar refractivity (Wildman–Crippen MR) is 82.4 cm³/mol. The molecule has 1 rings (SSSR count). The fourth-order valence-electron chi connectivity index (χ4n) is 1.73. The number of nitrogens with one attached hydrogen (secondary N) is 1. The molecule has 0 heterocycles. The number of benzene rings is 1. The van der Waals surface area contributed by atoms with Crippen molar-refractivity contribution in [3.63, 3.8) is 0 Å². The molecule has 0 saturated carbocycles. The monoisotopic (exact) mass is 343 g/mol. The highest BCUT2D eigenvalue weighted by Crippen LogP contribution is 2.19. The van der Waals surface area contributed by atoms with E-state index in [9.17, 15) is 9.90 Å². The van der Waals surface area contributed by atoms with Gasteiger partial charge in [-0.05, 0) is 31.0 Å². The van der Waals surface area contributed by atoms with Gasteiger partial charge in [-0.25, -0.2) is 0 Å². The number of aliphatic hydroxyl groups excluding tert-OH is 1. The van der Waals surface area contributed by atoms with Crippen LogP contribution in [-0.2, 0) is 9.53 Å². The number of halogens is 1. The molecule has 0 aromatic heterocycles. The molecule has 112 valence electrons. The molecule has 0 fully saturated rings. The normalized spacial score (nSPS) is 13.8. The van der Waals surface area contributed by atoms with Crippen LogP contribution in [0.15, 0.2) is 28.7 Å². The standard InChI is InChI=1S/C15H22BrNO3/c1-3-4-9-20-10-14(18)17-11(2)15(19)12-5-7-13(16)8-6-12/h5-8,11,15,19H,3-4,9-10H2,1-2H3,(H,17,18). The third kappa shape index (κ3) is 6.03. The summed E-state index contributed by atoms with van der Waals surface area (Å²) >= 11 is 3.35. The number of unbranched alkanes of at least 4 members (excludes halogenated alkanes) is 1. The topological polar surface area (TPSA) is 58.6 Å². The first kappa shape index (κ1) is 17.1. The van der Waals surface area contributed by atoms with Gasteiger partial charge in [0, 0.05) is 11.1 Å². The van der Waals surface area contributed by atoms with Crippen molar-refractivity contribution in [1.29, 1.82) is 0 Å². The summed E-state index contributed by atoms with van der Waals surface area (Å²) in [6, 6.07) is 7.02. The second-order valence-corrected chi connectivity index (χ2v) is 5.67. The molecule has 0 aliphatic rings. The van der Waals surface area contributed by atoms with Gasteiger partial charge in [0.15, 0.2) is 0 Å². The molecule has 1 aromatic rings. The van der Waals surface area contributed by atoms with E-state index < -0.39 is 6.10 Å². The SMILES string of the molecule is CCCCOCC(=O)NC(C)C(O)c1ccc(Br)cc1. The van der Waals surface area contributed by atoms with Crippen molar-refractivity contribution in [1.82, 2.24) is 5.32 Å². The average molecular weight is 344 g/mol. The summed E-state index contributed by atoms with van der Waals surface area (Å²) in [5, 5.41) is 12.9. The summed E-state index contributed by atoms with van der Waals surface area (Å²) < 4.78 is 6.19. The molecule has 5 heteroatoms. The van der Waals surface area contributed by atoms with Crippen molar-refractivity contribution in [2.45, 2.75) is 38.8 Å². The molecule has 1 amide bonds. The van der Waals surface area contributed by atoms with Gasteiger partial charge in [0.25, 0.3) is 0 Å². The van der Waals surface area contributed by atoms with Gasteiger partial charge >= 0.3 is 0 Å². The van der Waals surface area contributed by atoms with Gasteiger partial charge in [-0.15, -0.1) is 0 Å². The Morgan fingerprint density at radius 2 is 2.05 bits per heavy atom. The maximum atomic E-state index is 11.7. The predicted octanol–water partition coefficient (Wildman–Crippen LogP) is 2.80. The maximum absolute atomic E-state index is 11.7. The van der Waals surface area contributed by atoms with Crippen molar-refractivity contribution < 1.29 is 14.6 Å². The van der Waals surface area contributed by atoms with Gasteiger partial charge in [-0.2, -0.15) is 0 Å². The van der Waals surface area contributed by atoms with E-state index in [1.807, 2.05) is 24.3 Å². The van der Waals surface area contributed by atoms with E-state index >= 15 is 0 Å². The van der Waals surface area contributed by atoms with Gasteiger partial charge in [0.1, 0.15) is 6.61 Å². The van der Waals surface area contributed by atoms with E-state index in [0.717, 1.165) is 22.9 Å². The molecule has 2 unspecified atom stereocenters. The third-order valence-corrected chi connectivity index (χ3v) is 3.48. The fraction of sp³-hybridized carbons (Fsp3) is 0.533. The average Bonchev–Trinajstić information content (AvgIpc) is 2.43. The second kappa shape index (κ2) is 9.10. The number of hydrogen-bond donors (Lipinski definition) is 2. The number of rotatable bonds is 8. The second-order valence-electron chi connectivity index (χ2n) is 4.76. The zero-order valence-electron chi connectivity index (χ0n) is 11.9. The van der Waals surface area contributed by atoms with Crippen LogP contribution in [0.25, 0.3) is 0 Å². The number of carbonyl (C=O) groups excluding carboxylic acids is 1. The Morgan fingerprint density at radius 1 is 1.40 bits per heavy atom. The van der Waals surface area contributed by atoms with E-state index in [0.29, 0.717) is 6.61 Å². The molecular formula is C15H22BrNO3. The summed E-state index contributed by atoms with van der Waals surface area (Å²) in [6.07, 6.45) is 1.26. The minimum atomic E-state index is -0.734. The summed E-state index contributed by atoms with van der Waals surface area (Å²) in [7, 11) is 0. The Labute approximate surface area is 128 Å². The third-order valence-electron chi connectivity index (χ3n) is 2.95. The number of aliphatic hydroxyl groups is 1. The highest BCUT2D eigenvalue weighted by Gasteiger charge is 2.18. The first-order chi connectivity index (χ1) is 9.54. The number of ether oxygens (including phenoxy) is 1. The first-order valence-corrected chi connectivity index (χ1v) is 7.64. The van der Waals surface area contributed by atoms with E-state index in [-0.39, 0.29) is 18.6 Å². The Balaban J connectivity index is 2.39. The van der Waals surface area contributed by atoms with Crippen molar-refractivity contribution in [2.24, 2.45) is 0 Å². The molecule has 2 atom stereocenters. The van der Waals surface area contributed by atoms with Crippen molar-refractivity contribution in [3.05, 3.63) is 34.3 Å². The Morgan fingerprint density at radius 3 is 2.65 bits per heavy atom. The Hall–Kier alpha value is -0.910. The van der Waals surface area contributed by atoms with Crippen LogP contribution in [0.3, 0.4) is 0 Å². The summed E-state index contributed by atoms with van der Waals surface area (Å²) in [6.45, 7) is 4.47. The van der Waals surface area contributed by atoms with Crippen LogP contribution in [0, 0.1) is 0 Å². The number of amides is 1. The molecule has 2 N–H and O–H groups in total. The smallest absolute Gasteiger partial charge is 0.246 e. The minimum Gasteiger partial charge on any atom is -0.386 e. The number of carbonyl (C=O) groups is 1. The van der Waals surface area contributed by atoms with Crippen LogP contribution in [0.2, 0.25) is 0 Å². The van der Waals surface area contributed by atoms with Crippen LogP contribution in [-0.4, -0.2) is 30.3 Å². The van der Waals surface area contributed by atoms with Gasteiger partial charge < -0.3 is 15.2 Å². The fourth-order valence-corrected chi connectivity index (χ4v) is 2.00. The van der Waals surface area contributed by atoms with Crippen LogP contribution >= 0.6 is 15.9 Å². The van der Waals surface area contributed by atoms with Gasteiger partial charge in [-0.3, -0.25) is 4.79 Å². The van der Waals surface area contributed by atoms with E-state index in [2.05, 4.69) is 28.2 Å². The lowest BCUT2D eigenvalue weighted by atomic mass is 10.0. The summed E-state index contributed by atoms with van der Waals surface area (Å²) in [5.41, 5.74) is 0.771. The van der Waals surface area contributed by atoms with Gasteiger partial charge in [0.2, 0.25) is 5.91 Å². The van der Waals surface area contributed by atoms with Crippen molar-refractivity contribution in [3.8, 4) is 0 Å². The largest absolute Gasteiger partial charge is 0.386 e. The van der Waals surface area contributed by atoms with Crippen LogP contribution < -0.4 is 5.32 Å².